The van der Waals surface area contributed by atoms with Gasteiger partial charge in [-0.3, -0.25) is 14.4 Å². The van der Waals surface area contributed by atoms with E-state index >= 15 is 0 Å². The third-order valence-electron chi connectivity index (χ3n) is 13.0. The van der Waals surface area contributed by atoms with Crippen molar-refractivity contribution < 1.29 is 28.6 Å². The van der Waals surface area contributed by atoms with Crippen LogP contribution in [0.3, 0.4) is 0 Å². The quantitative estimate of drug-likeness (QED) is 0.0262. The fourth-order valence-electron chi connectivity index (χ4n) is 8.68. The molecular weight excluding hydrogens is 793 g/mol. The van der Waals surface area contributed by atoms with Gasteiger partial charge in [-0.2, -0.15) is 0 Å². The van der Waals surface area contributed by atoms with E-state index in [1.165, 1.54) is 225 Å². The van der Waals surface area contributed by atoms with E-state index in [0.717, 1.165) is 57.8 Å². The second-order valence-electron chi connectivity index (χ2n) is 19.6. The van der Waals surface area contributed by atoms with E-state index in [9.17, 15) is 14.4 Å². The lowest BCUT2D eigenvalue weighted by Gasteiger charge is -2.18. The first-order valence-electron chi connectivity index (χ1n) is 28.7. The summed E-state index contributed by atoms with van der Waals surface area (Å²) < 4.78 is 16.9. The van der Waals surface area contributed by atoms with Crippen LogP contribution in [0, 0.1) is 0 Å². The van der Waals surface area contributed by atoms with Crippen molar-refractivity contribution in [3.63, 3.8) is 0 Å². The lowest BCUT2D eigenvalue weighted by atomic mass is 10.0. The third-order valence-corrected chi connectivity index (χ3v) is 13.0. The van der Waals surface area contributed by atoms with Crippen molar-refractivity contribution >= 4 is 17.9 Å². The van der Waals surface area contributed by atoms with Crippen molar-refractivity contribution in [3.8, 4) is 0 Å². The Morgan fingerprint density at radius 2 is 0.516 bits per heavy atom. The van der Waals surface area contributed by atoms with Gasteiger partial charge < -0.3 is 14.2 Å². The van der Waals surface area contributed by atoms with Gasteiger partial charge in [-0.1, -0.05) is 270 Å². The molecule has 0 fully saturated rings. The molecule has 0 N–H and O–H groups in total. The fourth-order valence-corrected chi connectivity index (χ4v) is 8.68. The van der Waals surface area contributed by atoms with Crippen LogP contribution in [0.15, 0.2) is 12.2 Å². The molecule has 0 bridgehead atoms. The van der Waals surface area contributed by atoms with Gasteiger partial charge in [-0.25, -0.2) is 0 Å². The van der Waals surface area contributed by atoms with Crippen LogP contribution >= 0.6 is 0 Å². The molecule has 0 rings (SSSR count). The van der Waals surface area contributed by atoms with E-state index < -0.39 is 6.10 Å². The molecule has 0 aliphatic rings. The zero-order valence-corrected chi connectivity index (χ0v) is 43.3. The number of hydrogen-bond acceptors (Lipinski definition) is 6. The average Bonchev–Trinajstić information content (AvgIpc) is 3.29. The summed E-state index contributed by atoms with van der Waals surface area (Å²) in [6.07, 6.45) is 60.6. The molecule has 0 radical (unpaired) electrons. The van der Waals surface area contributed by atoms with Crippen LogP contribution in [0.5, 0.6) is 0 Å². The van der Waals surface area contributed by atoms with Gasteiger partial charge in [-0.05, 0) is 44.9 Å². The normalized spacial score (nSPS) is 12.0. The topological polar surface area (TPSA) is 78.9 Å². The van der Waals surface area contributed by atoms with Crippen molar-refractivity contribution in [2.24, 2.45) is 0 Å². The molecule has 0 heterocycles. The summed E-state index contributed by atoms with van der Waals surface area (Å²) in [5.41, 5.74) is 0. The van der Waals surface area contributed by atoms with Crippen LogP contribution < -0.4 is 0 Å². The van der Waals surface area contributed by atoms with Crippen molar-refractivity contribution in [1.82, 2.24) is 0 Å². The lowest BCUT2D eigenvalue weighted by Crippen LogP contribution is -2.30. The van der Waals surface area contributed by atoms with Gasteiger partial charge in [0.2, 0.25) is 0 Å². The van der Waals surface area contributed by atoms with Crippen LogP contribution in [-0.4, -0.2) is 37.2 Å². The number of ether oxygens (including phenoxy) is 3. The van der Waals surface area contributed by atoms with Gasteiger partial charge in [0.1, 0.15) is 13.2 Å². The number of rotatable bonds is 53. The molecule has 0 aromatic carbocycles. The Bertz CT molecular complexity index is 993. The van der Waals surface area contributed by atoms with Crippen molar-refractivity contribution in [1.29, 1.82) is 0 Å². The van der Waals surface area contributed by atoms with E-state index in [2.05, 4.69) is 32.9 Å². The minimum Gasteiger partial charge on any atom is -0.462 e. The monoisotopic (exact) mass is 903 g/mol. The van der Waals surface area contributed by atoms with Crippen LogP contribution in [-0.2, 0) is 28.6 Å². The second-order valence-corrected chi connectivity index (χ2v) is 19.6. The van der Waals surface area contributed by atoms with Crippen LogP contribution in [0.25, 0.3) is 0 Å². The zero-order valence-electron chi connectivity index (χ0n) is 43.3. The number of hydrogen-bond donors (Lipinski definition) is 0. The number of esters is 3. The van der Waals surface area contributed by atoms with Gasteiger partial charge in [0.25, 0.3) is 0 Å². The van der Waals surface area contributed by atoms with Crippen LogP contribution in [0.1, 0.15) is 323 Å². The summed E-state index contributed by atoms with van der Waals surface area (Å²) in [5.74, 6) is -0.848. The average molecular weight is 904 g/mol. The number of carbonyl (C=O) groups is 3. The summed E-state index contributed by atoms with van der Waals surface area (Å²) in [6.45, 7) is 6.67. The predicted molar refractivity (Wildman–Crippen MR) is 275 cm³/mol. The minimum absolute atomic E-state index is 0.0658. The van der Waals surface area contributed by atoms with Crippen molar-refractivity contribution in [2.75, 3.05) is 13.2 Å². The van der Waals surface area contributed by atoms with E-state index in [1.54, 1.807) is 0 Å². The molecule has 0 spiro atoms. The molecule has 0 aromatic heterocycles. The summed E-state index contributed by atoms with van der Waals surface area (Å²) in [7, 11) is 0. The summed E-state index contributed by atoms with van der Waals surface area (Å²) in [4.78, 5) is 38.1. The van der Waals surface area contributed by atoms with Gasteiger partial charge in [0.05, 0.1) is 0 Å². The maximum atomic E-state index is 12.8. The van der Waals surface area contributed by atoms with Gasteiger partial charge in [-0.15, -0.1) is 0 Å². The SMILES string of the molecule is CCCCCC/C=C\CCCCCCCCCC(=O)O[C@@H](COC(=O)CCCCCCCCCCCCCC)COC(=O)CCCCCCCCCCCCCCCCCCCCC. The molecule has 6 nitrogen and oxygen atoms in total. The Morgan fingerprint density at radius 3 is 0.797 bits per heavy atom. The van der Waals surface area contributed by atoms with E-state index in [0.29, 0.717) is 19.3 Å². The van der Waals surface area contributed by atoms with E-state index in [-0.39, 0.29) is 31.1 Å². The Hall–Kier alpha value is -1.85. The highest BCUT2D eigenvalue weighted by atomic mass is 16.6. The molecular formula is C58H110O6. The van der Waals surface area contributed by atoms with Gasteiger partial charge >= 0.3 is 17.9 Å². The first-order valence-corrected chi connectivity index (χ1v) is 28.7. The Kier molecular flexibility index (Phi) is 52.2. The number of unbranched alkanes of at least 4 members (excludes halogenated alkanes) is 40. The second kappa shape index (κ2) is 53.8. The zero-order chi connectivity index (χ0) is 46.5. The molecule has 6 heteroatoms. The Morgan fingerprint density at radius 1 is 0.297 bits per heavy atom. The maximum Gasteiger partial charge on any atom is 0.306 e. The minimum atomic E-state index is -0.766. The lowest BCUT2D eigenvalue weighted by molar-refractivity contribution is -0.167. The van der Waals surface area contributed by atoms with Crippen LogP contribution in [0.2, 0.25) is 0 Å². The number of allylic oxidation sites excluding steroid dienone is 2. The van der Waals surface area contributed by atoms with Crippen molar-refractivity contribution in [2.45, 2.75) is 329 Å². The summed E-state index contributed by atoms with van der Waals surface area (Å²) >= 11 is 0. The molecule has 0 aliphatic heterocycles. The molecule has 64 heavy (non-hydrogen) atoms. The van der Waals surface area contributed by atoms with E-state index in [4.69, 9.17) is 14.2 Å². The maximum absolute atomic E-state index is 12.8. The molecule has 0 aliphatic carbocycles. The van der Waals surface area contributed by atoms with Gasteiger partial charge in [0, 0.05) is 19.3 Å². The first kappa shape index (κ1) is 62.1. The molecule has 378 valence electrons. The van der Waals surface area contributed by atoms with E-state index in [1.807, 2.05) is 0 Å². The number of carbonyl (C=O) groups excluding carboxylic acids is 3. The van der Waals surface area contributed by atoms with Gasteiger partial charge in [0.15, 0.2) is 6.10 Å². The Labute approximate surface area is 399 Å². The fraction of sp³-hybridized carbons (Fsp3) is 0.914. The van der Waals surface area contributed by atoms with Crippen LogP contribution in [0.4, 0.5) is 0 Å². The summed E-state index contributed by atoms with van der Waals surface area (Å²) in [5, 5.41) is 0. The third kappa shape index (κ3) is 51.1. The molecule has 0 unspecified atom stereocenters. The standard InChI is InChI=1S/C58H110O6/c1-4-7-10-13-16-19-22-25-27-28-29-30-32-33-36-39-42-45-48-51-57(60)63-54-55(53-62-56(59)50-47-44-41-38-35-24-21-18-15-12-9-6-3)64-58(61)52-49-46-43-40-37-34-31-26-23-20-17-14-11-8-5-2/h20,23,55H,4-19,21-22,24-54H2,1-3H3/b23-20-/t55-/m0/s1. The smallest absolute Gasteiger partial charge is 0.306 e. The summed E-state index contributed by atoms with van der Waals surface area (Å²) in [6, 6.07) is 0. The molecule has 0 amide bonds. The first-order chi connectivity index (χ1) is 31.5. The highest BCUT2D eigenvalue weighted by Gasteiger charge is 2.19. The predicted octanol–water partition coefficient (Wildman–Crippen LogP) is 18.9. The highest BCUT2D eigenvalue weighted by molar-refractivity contribution is 5.71. The Balaban J connectivity index is 4.27. The van der Waals surface area contributed by atoms with Crippen molar-refractivity contribution in [3.05, 3.63) is 12.2 Å². The molecule has 0 aromatic rings. The molecule has 0 saturated heterocycles. The largest absolute Gasteiger partial charge is 0.462 e. The highest BCUT2D eigenvalue weighted by Crippen LogP contribution is 2.17. The molecule has 1 atom stereocenters. The molecule has 0 saturated carbocycles.